The molecule has 0 aliphatic carbocycles. The lowest BCUT2D eigenvalue weighted by molar-refractivity contribution is -0.123. The molecule has 28 heavy (non-hydrogen) atoms. The van der Waals surface area contributed by atoms with Crippen molar-refractivity contribution in [2.24, 2.45) is 0 Å². The molecule has 0 saturated heterocycles. The third kappa shape index (κ3) is 6.88. The molecule has 1 aromatic carbocycles. The number of ether oxygens (including phenoxy) is 1. The highest BCUT2D eigenvalue weighted by Crippen LogP contribution is 2.25. The standard InChI is InChI=1S/C20H23N3O4S/c1-13(2)16-6-4-5-7-17(16)26-12-19(25)22-23-20(28)21-18(24)11-10-15-9-8-14(3)27-15/h4-11,13H,12H2,1-3H3,(H,22,25)(H2,21,23,24,28)/b11-10+. The minimum Gasteiger partial charge on any atom is -0.483 e. The van der Waals surface area contributed by atoms with Gasteiger partial charge < -0.3 is 9.15 Å². The Balaban J connectivity index is 1.73. The number of carbonyl (C=O) groups is 2. The maximum atomic E-state index is 11.9. The van der Waals surface area contributed by atoms with Gasteiger partial charge in [0.2, 0.25) is 5.91 Å². The zero-order valence-corrected chi connectivity index (χ0v) is 16.8. The summed E-state index contributed by atoms with van der Waals surface area (Å²) in [5.41, 5.74) is 5.84. The summed E-state index contributed by atoms with van der Waals surface area (Å²) in [6, 6.07) is 11.1. The van der Waals surface area contributed by atoms with Gasteiger partial charge in [-0.25, -0.2) is 0 Å². The predicted molar refractivity (Wildman–Crippen MR) is 111 cm³/mol. The van der Waals surface area contributed by atoms with Crippen LogP contribution in [0.2, 0.25) is 0 Å². The van der Waals surface area contributed by atoms with E-state index in [0.717, 1.165) is 11.3 Å². The first kappa shape index (κ1) is 21.2. The Labute approximate surface area is 169 Å². The molecule has 0 bridgehead atoms. The van der Waals surface area contributed by atoms with Crippen LogP contribution in [0.3, 0.4) is 0 Å². The topological polar surface area (TPSA) is 92.6 Å². The molecule has 3 N–H and O–H groups in total. The van der Waals surface area contributed by atoms with E-state index in [9.17, 15) is 9.59 Å². The van der Waals surface area contributed by atoms with E-state index in [1.807, 2.05) is 45.0 Å². The summed E-state index contributed by atoms with van der Waals surface area (Å²) in [7, 11) is 0. The van der Waals surface area contributed by atoms with E-state index in [4.69, 9.17) is 21.4 Å². The maximum Gasteiger partial charge on any atom is 0.276 e. The molecule has 2 amide bonds. The van der Waals surface area contributed by atoms with Crippen molar-refractivity contribution in [1.82, 2.24) is 16.2 Å². The smallest absolute Gasteiger partial charge is 0.276 e. The summed E-state index contributed by atoms with van der Waals surface area (Å²) in [4.78, 5) is 23.7. The van der Waals surface area contributed by atoms with E-state index in [2.05, 4.69) is 16.2 Å². The molecule has 148 valence electrons. The summed E-state index contributed by atoms with van der Waals surface area (Å²) in [5, 5.41) is 2.37. The van der Waals surface area contributed by atoms with Crippen molar-refractivity contribution in [3.8, 4) is 5.75 Å². The maximum absolute atomic E-state index is 11.9. The van der Waals surface area contributed by atoms with Gasteiger partial charge in [0.25, 0.3) is 5.91 Å². The lowest BCUT2D eigenvalue weighted by Crippen LogP contribution is -2.49. The van der Waals surface area contributed by atoms with Gasteiger partial charge in [-0.2, -0.15) is 0 Å². The average Bonchev–Trinajstić information content (AvgIpc) is 3.08. The van der Waals surface area contributed by atoms with Gasteiger partial charge in [0.05, 0.1) is 0 Å². The second-order valence-corrected chi connectivity index (χ2v) is 6.66. The predicted octanol–water partition coefficient (Wildman–Crippen LogP) is 2.83. The van der Waals surface area contributed by atoms with Crippen LogP contribution in [0, 0.1) is 6.92 Å². The minimum absolute atomic E-state index is 0.0405. The van der Waals surface area contributed by atoms with Crippen LogP contribution in [0.15, 0.2) is 46.9 Å². The molecule has 0 fully saturated rings. The SMILES string of the molecule is Cc1ccc(/C=C/C(=O)NC(=S)NNC(=O)COc2ccccc2C(C)C)o1. The normalized spacial score (nSPS) is 10.7. The van der Waals surface area contributed by atoms with E-state index in [1.165, 1.54) is 12.2 Å². The molecule has 1 aromatic heterocycles. The van der Waals surface area contributed by atoms with Crippen LogP contribution >= 0.6 is 12.2 Å². The van der Waals surface area contributed by atoms with Gasteiger partial charge in [-0.1, -0.05) is 32.0 Å². The van der Waals surface area contributed by atoms with Gasteiger partial charge in [-0.3, -0.25) is 25.8 Å². The van der Waals surface area contributed by atoms with E-state index < -0.39 is 11.8 Å². The zero-order valence-electron chi connectivity index (χ0n) is 15.9. The Kier molecular flexibility index (Phi) is 7.76. The summed E-state index contributed by atoms with van der Waals surface area (Å²) in [5.74, 6) is 1.34. The monoisotopic (exact) mass is 401 g/mol. The first-order valence-corrected chi connectivity index (χ1v) is 9.12. The minimum atomic E-state index is -0.456. The highest BCUT2D eigenvalue weighted by atomic mass is 32.1. The molecule has 7 nitrogen and oxygen atoms in total. The number of nitrogens with one attached hydrogen (secondary N) is 3. The average molecular weight is 401 g/mol. The summed E-state index contributed by atoms with van der Waals surface area (Å²) >= 11 is 4.96. The van der Waals surface area contributed by atoms with Gasteiger partial charge in [0, 0.05) is 6.08 Å². The van der Waals surface area contributed by atoms with Crippen LogP contribution < -0.4 is 20.9 Å². The molecule has 1 heterocycles. The number of furan rings is 1. The third-order valence-corrected chi connectivity index (χ3v) is 3.82. The molecule has 0 spiro atoms. The Hall–Kier alpha value is -3.13. The molecule has 0 atom stereocenters. The lowest BCUT2D eigenvalue weighted by Gasteiger charge is -2.14. The molecule has 0 saturated carbocycles. The molecular weight excluding hydrogens is 378 g/mol. The fraction of sp³-hybridized carbons (Fsp3) is 0.250. The highest BCUT2D eigenvalue weighted by molar-refractivity contribution is 7.80. The fourth-order valence-corrected chi connectivity index (χ4v) is 2.43. The molecule has 2 rings (SSSR count). The largest absolute Gasteiger partial charge is 0.483 e. The van der Waals surface area contributed by atoms with Gasteiger partial charge >= 0.3 is 0 Å². The molecule has 0 aliphatic heterocycles. The van der Waals surface area contributed by atoms with Crippen molar-refractivity contribution < 1.29 is 18.7 Å². The molecule has 2 aromatic rings. The number of carbonyl (C=O) groups excluding carboxylic acids is 2. The van der Waals surface area contributed by atoms with Crippen molar-refractivity contribution >= 4 is 35.2 Å². The molecule has 0 aliphatic rings. The zero-order chi connectivity index (χ0) is 20.5. The van der Waals surface area contributed by atoms with Gasteiger partial charge in [-0.15, -0.1) is 0 Å². The number of hydrogen-bond donors (Lipinski definition) is 3. The van der Waals surface area contributed by atoms with Crippen molar-refractivity contribution in [2.75, 3.05) is 6.61 Å². The van der Waals surface area contributed by atoms with Crippen LogP contribution in [-0.4, -0.2) is 23.5 Å². The number of hydrogen-bond acceptors (Lipinski definition) is 5. The first-order valence-electron chi connectivity index (χ1n) is 8.71. The highest BCUT2D eigenvalue weighted by Gasteiger charge is 2.09. The summed E-state index contributed by atoms with van der Waals surface area (Å²) in [6.07, 6.45) is 2.80. The van der Waals surface area contributed by atoms with Gasteiger partial charge in [-0.05, 0) is 54.9 Å². The van der Waals surface area contributed by atoms with E-state index in [0.29, 0.717) is 11.5 Å². The van der Waals surface area contributed by atoms with Gasteiger partial charge in [0.1, 0.15) is 17.3 Å². The molecular formula is C20H23N3O4S. The second kappa shape index (κ2) is 10.3. The summed E-state index contributed by atoms with van der Waals surface area (Å²) < 4.78 is 10.9. The Morgan fingerprint density at radius 1 is 1.18 bits per heavy atom. The Bertz CT molecular complexity index is 874. The molecule has 0 unspecified atom stereocenters. The number of amides is 2. The van der Waals surface area contributed by atoms with E-state index in [-0.39, 0.29) is 17.6 Å². The van der Waals surface area contributed by atoms with Crippen LogP contribution in [0.1, 0.15) is 36.8 Å². The number of aryl methyl sites for hydroxylation is 1. The van der Waals surface area contributed by atoms with Crippen molar-refractivity contribution in [2.45, 2.75) is 26.7 Å². The number of rotatable bonds is 6. The summed E-state index contributed by atoms with van der Waals surface area (Å²) in [6.45, 7) is 5.72. The molecule has 8 heteroatoms. The lowest BCUT2D eigenvalue weighted by atomic mass is 10.0. The number of hydrazine groups is 1. The number of para-hydroxylation sites is 1. The second-order valence-electron chi connectivity index (χ2n) is 6.25. The van der Waals surface area contributed by atoms with Crippen LogP contribution in [0.25, 0.3) is 6.08 Å². The quantitative estimate of drug-likeness (QED) is 0.392. The molecule has 0 radical (unpaired) electrons. The van der Waals surface area contributed by atoms with Crippen molar-refractivity contribution in [3.63, 3.8) is 0 Å². The van der Waals surface area contributed by atoms with Crippen LogP contribution in [-0.2, 0) is 9.59 Å². The third-order valence-electron chi connectivity index (χ3n) is 3.61. The van der Waals surface area contributed by atoms with Crippen LogP contribution in [0.5, 0.6) is 5.75 Å². The van der Waals surface area contributed by atoms with Crippen molar-refractivity contribution in [1.29, 1.82) is 0 Å². The van der Waals surface area contributed by atoms with Crippen molar-refractivity contribution in [3.05, 3.63) is 59.6 Å². The van der Waals surface area contributed by atoms with E-state index >= 15 is 0 Å². The van der Waals surface area contributed by atoms with E-state index in [1.54, 1.807) is 12.1 Å². The number of thiocarbonyl (C=S) groups is 1. The fourth-order valence-electron chi connectivity index (χ4n) is 2.28. The first-order chi connectivity index (χ1) is 13.3. The van der Waals surface area contributed by atoms with Gasteiger partial charge in [0.15, 0.2) is 11.7 Å². The number of benzene rings is 1. The Morgan fingerprint density at radius 2 is 1.93 bits per heavy atom. The van der Waals surface area contributed by atoms with Crippen LogP contribution in [0.4, 0.5) is 0 Å². The Morgan fingerprint density at radius 3 is 2.61 bits per heavy atom.